The van der Waals surface area contributed by atoms with E-state index in [0.29, 0.717) is 12.5 Å². The summed E-state index contributed by atoms with van der Waals surface area (Å²) in [7, 11) is 0. The third kappa shape index (κ3) is 2.88. The Bertz CT molecular complexity index is 449. The lowest BCUT2D eigenvalue weighted by Crippen LogP contribution is -2.55. The van der Waals surface area contributed by atoms with Crippen LogP contribution in [0.1, 0.15) is 57.1 Å². The van der Waals surface area contributed by atoms with Gasteiger partial charge in [0.2, 0.25) is 5.91 Å². The molecule has 110 valence electrons. The maximum atomic E-state index is 12.2. The SMILES string of the molecule is CCc1ccc(C(CC)(NC2CCCC2)C(N)=O)cc1. The monoisotopic (exact) mass is 274 g/mol. The fraction of sp³-hybridized carbons (Fsp3) is 0.588. The standard InChI is InChI=1S/C17H26N2O/c1-3-13-9-11-14(12-10-13)17(4-2,16(18)20)19-15-7-5-6-8-15/h9-12,15,19H,3-8H2,1-2H3,(H2,18,20). The predicted molar refractivity (Wildman–Crippen MR) is 82.4 cm³/mol. The first-order chi connectivity index (χ1) is 9.62. The summed E-state index contributed by atoms with van der Waals surface area (Å²) in [6.45, 7) is 4.16. The Balaban J connectivity index is 2.30. The highest BCUT2D eigenvalue weighted by atomic mass is 16.1. The number of aryl methyl sites for hydroxylation is 1. The number of hydrogen-bond acceptors (Lipinski definition) is 2. The molecule has 1 aliphatic carbocycles. The summed E-state index contributed by atoms with van der Waals surface area (Å²) in [6.07, 6.45) is 6.45. The molecule has 3 N–H and O–H groups in total. The summed E-state index contributed by atoms with van der Waals surface area (Å²) in [4.78, 5) is 12.2. The van der Waals surface area contributed by atoms with E-state index in [1.807, 2.05) is 6.92 Å². The molecular weight excluding hydrogens is 248 g/mol. The van der Waals surface area contributed by atoms with Crippen LogP contribution in [0.5, 0.6) is 0 Å². The van der Waals surface area contributed by atoms with Gasteiger partial charge in [-0.3, -0.25) is 10.1 Å². The average molecular weight is 274 g/mol. The predicted octanol–water partition coefficient (Wildman–Crippen LogP) is 2.87. The molecule has 1 atom stereocenters. The number of primary amides is 1. The molecule has 3 heteroatoms. The molecule has 1 aromatic rings. The highest BCUT2D eigenvalue weighted by Gasteiger charge is 2.38. The van der Waals surface area contributed by atoms with Gasteiger partial charge in [-0.15, -0.1) is 0 Å². The van der Waals surface area contributed by atoms with Gasteiger partial charge in [0.1, 0.15) is 5.54 Å². The highest BCUT2D eigenvalue weighted by molar-refractivity contribution is 5.86. The van der Waals surface area contributed by atoms with Crippen LogP contribution in [0.4, 0.5) is 0 Å². The van der Waals surface area contributed by atoms with E-state index in [-0.39, 0.29) is 5.91 Å². The van der Waals surface area contributed by atoms with Crippen LogP contribution in [0, 0.1) is 0 Å². The maximum absolute atomic E-state index is 12.2. The van der Waals surface area contributed by atoms with Crippen molar-refractivity contribution in [2.45, 2.75) is 64.0 Å². The largest absolute Gasteiger partial charge is 0.368 e. The van der Waals surface area contributed by atoms with Crippen molar-refractivity contribution in [1.82, 2.24) is 5.32 Å². The molecule has 1 amide bonds. The summed E-state index contributed by atoms with van der Waals surface area (Å²) < 4.78 is 0. The van der Waals surface area contributed by atoms with Gasteiger partial charge in [0, 0.05) is 6.04 Å². The van der Waals surface area contributed by atoms with Crippen LogP contribution in [0.15, 0.2) is 24.3 Å². The van der Waals surface area contributed by atoms with Gasteiger partial charge in [-0.05, 0) is 36.8 Å². The summed E-state index contributed by atoms with van der Waals surface area (Å²) in [5, 5.41) is 3.56. The van der Waals surface area contributed by atoms with Gasteiger partial charge in [0.15, 0.2) is 0 Å². The number of hydrogen-bond donors (Lipinski definition) is 2. The molecular formula is C17H26N2O. The van der Waals surface area contributed by atoms with E-state index in [2.05, 4.69) is 36.5 Å². The van der Waals surface area contributed by atoms with E-state index in [0.717, 1.165) is 24.8 Å². The van der Waals surface area contributed by atoms with Crippen LogP contribution < -0.4 is 11.1 Å². The number of carbonyl (C=O) groups is 1. The van der Waals surface area contributed by atoms with Gasteiger partial charge < -0.3 is 5.73 Å². The molecule has 0 saturated heterocycles. The van der Waals surface area contributed by atoms with Crippen molar-refractivity contribution in [3.05, 3.63) is 35.4 Å². The fourth-order valence-electron chi connectivity index (χ4n) is 3.22. The van der Waals surface area contributed by atoms with Crippen molar-refractivity contribution >= 4 is 5.91 Å². The Morgan fingerprint density at radius 2 is 1.85 bits per heavy atom. The van der Waals surface area contributed by atoms with Crippen molar-refractivity contribution in [2.75, 3.05) is 0 Å². The molecule has 1 unspecified atom stereocenters. The van der Waals surface area contributed by atoms with Crippen molar-refractivity contribution in [2.24, 2.45) is 5.73 Å². The molecule has 0 aromatic heterocycles. The Morgan fingerprint density at radius 3 is 2.30 bits per heavy atom. The Morgan fingerprint density at radius 1 is 1.25 bits per heavy atom. The van der Waals surface area contributed by atoms with Crippen LogP contribution in [0.2, 0.25) is 0 Å². The summed E-state index contributed by atoms with van der Waals surface area (Å²) in [5.41, 5.74) is 7.32. The molecule has 0 radical (unpaired) electrons. The quantitative estimate of drug-likeness (QED) is 0.838. The normalized spacial score (nSPS) is 18.9. The molecule has 1 fully saturated rings. The van der Waals surface area contributed by atoms with Crippen LogP contribution >= 0.6 is 0 Å². The molecule has 0 bridgehead atoms. The van der Waals surface area contributed by atoms with Gasteiger partial charge in [0.25, 0.3) is 0 Å². The smallest absolute Gasteiger partial charge is 0.242 e. The second-order valence-corrected chi connectivity index (χ2v) is 5.80. The van der Waals surface area contributed by atoms with Crippen LogP contribution in [-0.2, 0) is 16.8 Å². The van der Waals surface area contributed by atoms with Crippen LogP contribution in [0.25, 0.3) is 0 Å². The molecule has 1 aromatic carbocycles. The molecule has 1 aliphatic rings. The Kier molecular flexibility index (Phi) is 4.81. The lowest BCUT2D eigenvalue weighted by Gasteiger charge is -2.34. The van der Waals surface area contributed by atoms with Crippen molar-refractivity contribution in [3.63, 3.8) is 0 Å². The summed E-state index contributed by atoms with van der Waals surface area (Å²) >= 11 is 0. The first-order valence-corrected chi connectivity index (χ1v) is 7.79. The third-order valence-electron chi connectivity index (χ3n) is 4.61. The number of amides is 1. The first-order valence-electron chi connectivity index (χ1n) is 7.79. The molecule has 2 rings (SSSR count). The Hall–Kier alpha value is -1.35. The van der Waals surface area contributed by atoms with Crippen molar-refractivity contribution in [3.8, 4) is 0 Å². The van der Waals surface area contributed by atoms with E-state index in [1.165, 1.54) is 18.4 Å². The van der Waals surface area contributed by atoms with Gasteiger partial charge in [-0.2, -0.15) is 0 Å². The lowest BCUT2D eigenvalue weighted by atomic mass is 9.84. The average Bonchev–Trinajstić information content (AvgIpc) is 2.97. The summed E-state index contributed by atoms with van der Waals surface area (Å²) in [5.74, 6) is -0.267. The molecule has 20 heavy (non-hydrogen) atoms. The molecule has 0 heterocycles. The number of nitrogens with two attached hydrogens (primary N) is 1. The molecule has 0 aliphatic heterocycles. The number of benzene rings is 1. The minimum Gasteiger partial charge on any atom is -0.368 e. The van der Waals surface area contributed by atoms with E-state index >= 15 is 0 Å². The van der Waals surface area contributed by atoms with Crippen molar-refractivity contribution < 1.29 is 4.79 Å². The first kappa shape index (κ1) is 15.0. The zero-order valence-corrected chi connectivity index (χ0v) is 12.6. The van der Waals surface area contributed by atoms with Gasteiger partial charge in [-0.25, -0.2) is 0 Å². The van der Waals surface area contributed by atoms with E-state index in [9.17, 15) is 4.79 Å². The van der Waals surface area contributed by atoms with Crippen LogP contribution in [0.3, 0.4) is 0 Å². The van der Waals surface area contributed by atoms with Gasteiger partial charge >= 0.3 is 0 Å². The summed E-state index contributed by atoms with van der Waals surface area (Å²) in [6, 6.07) is 8.70. The molecule has 3 nitrogen and oxygen atoms in total. The lowest BCUT2D eigenvalue weighted by molar-refractivity contribution is -0.125. The van der Waals surface area contributed by atoms with Crippen LogP contribution in [-0.4, -0.2) is 11.9 Å². The number of nitrogens with one attached hydrogen (secondary N) is 1. The van der Waals surface area contributed by atoms with E-state index < -0.39 is 5.54 Å². The second kappa shape index (κ2) is 6.40. The molecule has 0 spiro atoms. The van der Waals surface area contributed by atoms with Gasteiger partial charge in [0.05, 0.1) is 0 Å². The zero-order valence-electron chi connectivity index (χ0n) is 12.6. The Labute approximate surface area is 121 Å². The van der Waals surface area contributed by atoms with Gasteiger partial charge in [-0.1, -0.05) is 51.0 Å². The third-order valence-corrected chi connectivity index (χ3v) is 4.61. The van der Waals surface area contributed by atoms with E-state index in [4.69, 9.17) is 5.73 Å². The van der Waals surface area contributed by atoms with E-state index in [1.54, 1.807) is 0 Å². The maximum Gasteiger partial charge on any atom is 0.242 e. The number of carbonyl (C=O) groups excluding carboxylic acids is 1. The zero-order chi connectivity index (χ0) is 14.6. The number of rotatable bonds is 6. The fourth-order valence-corrected chi connectivity index (χ4v) is 3.22. The second-order valence-electron chi connectivity index (χ2n) is 5.80. The minimum absolute atomic E-state index is 0.267. The van der Waals surface area contributed by atoms with Crippen molar-refractivity contribution in [1.29, 1.82) is 0 Å². The highest BCUT2D eigenvalue weighted by Crippen LogP contribution is 2.29. The molecule has 1 saturated carbocycles. The minimum atomic E-state index is -0.721. The topological polar surface area (TPSA) is 55.1 Å².